The first-order chi connectivity index (χ1) is 8.49. The highest BCUT2D eigenvalue weighted by molar-refractivity contribution is 5.95. The minimum absolute atomic E-state index is 0.102. The Balaban J connectivity index is 2.11. The summed E-state index contributed by atoms with van der Waals surface area (Å²) < 4.78 is 26.7. The molecule has 0 saturated carbocycles. The summed E-state index contributed by atoms with van der Waals surface area (Å²) in [5.41, 5.74) is -0.612. The van der Waals surface area contributed by atoms with E-state index in [0.717, 1.165) is 12.1 Å². The molecule has 1 saturated heterocycles. The van der Waals surface area contributed by atoms with E-state index in [1.165, 1.54) is 11.0 Å². The minimum Gasteiger partial charge on any atom is -0.347 e. The monoisotopic (exact) mass is 254 g/mol. The molecule has 1 aliphatic heterocycles. The number of hydrogen-bond acceptors (Lipinski definition) is 2. The van der Waals surface area contributed by atoms with Gasteiger partial charge in [0, 0.05) is 20.0 Å². The summed E-state index contributed by atoms with van der Waals surface area (Å²) in [7, 11) is 1.61. The molecule has 1 aliphatic rings. The van der Waals surface area contributed by atoms with E-state index in [9.17, 15) is 18.4 Å². The number of halogens is 2. The van der Waals surface area contributed by atoms with E-state index < -0.39 is 29.1 Å². The second kappa shape index (κ2) is 4.72. The lowest BCUT2D eigenvalue weighted by Crippen LogP contribution is -2.37. The molecule has 1 atom stereocenters. The van der Waals surface area contributed by atoms with Gasteiger partial charge in [0.05, 0.1) is 6.04 Å². The van der Waals surface area contributed by atoms with Gasteiger partial charge in [-0.2, -0.15) is 0 Å². The Morgan fingerprint density at radius 3 is 2.50 bits per heavy atom. The first kappa shape index (κ1) is 12.5. The Morgan fingerprint density at radius 2 is 2.00 bits per heavy atom. The summed E-state index contributed by atoms with van der Waals surface area (Å²) >= 11 is 0. The largest absolute Gasteiger partial charge is 0.347 e. The van der Waals surface area contributed by atoms with Gasteiger partial charge in [-0.05, 0) is 12.1 Å². The molecule has 96 valence electrons. The van der Waals surface area contributed by atoms with Gasteiger partial charge in [-0.25, -0.2) is 8.78 Å². The number of likely N-dealkylation sites (N-methyl/N-ethyl adjacent to an activating group) is 1. The lowest BCUT2D eigenvalue weighted by atomic mass is 10.1. The van der Waals surface area contributed by atoms with Gasteiger partial charge in [0.2, 0.25) is 5.91 Å². The molecule has 2 rings (SSSR count). The Morgan fingerprint density at radius 1 is 1.39 bits per heavy atom. The van der Waals surface area contributed by atoms with Gasteiger partial charge in [0.1, 0.15) is 17.2 Å². The fraction of sp³-hybridized carbons (Fsp3) is 0.333. The lowest BCUT2D eigenvalue weighted by Gasteiger charge is -2.13. The van der Waals surface area contributed by atoms with Crippen molar-refractivity contribution in [3.8, 4) is 0 Å². The van der Waals surface area contributed by atoms with Crippen LogP contribution in [0.25, 0.3) is 0 Å². The Hall–Kier alpha value is -1.98. The summed E-state index contributed by atoms with van der Waals surface area (Å²) in [6.45, 7) is 0.348. The third-order valence-corrected chi connectivity index (χ3v) is 2.87. The lowest BCUT2D eigenvalue weighted by molar-refractivity contribution is -0.126. The van der Waals surface area contributed by atoms with Crippen LogP contribution in [0.2, 0.25) is 0 Å². The van der Waals surface area contributed by atoms with Crippen LogP contribution < -0.4 is 5.32 Å². The summed E-state index contributed by atoms with van der Waals surface area (Å²) in [6, 6.07) is 2.82. The molecular weight excluding hydrogens is 242 g/mol. The molecule has 1 heterocycles. The molecule has 0 bridgehead atoms. The highest BCUT2D eigenvalue weighted by atomic mass is 19.1. The van der Waals surface area contributed by atoms with Crippen LogP contribution in [0.3, 0.4) is 0 Å². The normalized spacial score (nSPS) is 19.2. The molecule has 1 aromatic carbocycles. The Bertz CT molecular complexity index is 485. The van der Waals surface area contributed by atoms with Crippen molar-refractivity contribution in [3.63, 3.8) is 0 Å². The second-order valence-electron chi connectivity index (χ2n) is 4.25. The van der Waals surface area contributed by atoms with Crippen molar-refractivity contribution in [1.29, 1.82) is 0 Å². The number of nitrogens with zero attached hydrogens (tertiary/aromatic N) is 1. The number of nitrogens with one attached hydrogen (secondary N) is 1. The van der Waals surface area contributed by atoms with Crippen molar-refractivity contribution >= 4 is 11.8 Å². The average Bonchev–Trinajstić information content (AvgIpc) is 2.57. The highest BCUT2D eigenvalue weighted by Gasteiger charge is 2.29. The number of likely N-dealkylation sites (tertiary alicyclic amines) is 1. The van der Waals surface area contributed by atoms with E-state index in [0.29, 0.717) is 6.54 Å². The summed E-state index contributed by atoms with van der Waals surface area (Å²) in [5, 5.41) is 2.46. The fourth-order valence-electron chi connectivity index (χ4n) is 1.93. The molecule has 4 nitrogen and oxygen atoms in total. The standard InChI is InChI=1S/C12H12F2N2O2/c1-16-6-7(5-10(16)17)15-12(18)11-8(13)3-2-4-9(11)14/h2-4,7H,5-6H2,1H3,(H,15,18)/t7-/m1/s1. The van der Waals surface area contributed by atoms with Crippen LogP contribution in [0.4, 0.5) is 8.78 Å². The number of rotatable bonds is 2. The zero-order valence-electron chi connectivity index (χ0n) is 9.74. The third-order valence-electron chi connectivity index (χ3n) is 2.87. The zero-order valence-corrected chi connectivity index (χ0v) is 9.74. The predicted octanol–water partition coefficient (Wildman–Crippen LogP) is 0.925. The maximum absolute atomic E-state index is 13.3. The molecule has 2 amide bonds. The molecule has 0 radical (unpaired) electrons. The molecule has 0 aliphatic carbocycles. The van der Waals surface area contributed by atoms with Crippen molar-refractivity contribution in [1.82, 2.24) is 10.2 Å². The van der Waals surface area contributed by atoms with Crippen LogP contribution >= 0.6 is 0 Å². The van der Waals surface area contributed by atoms with Crippen molar-refractivity contribution in [2.75, 3.05) is 13.6 Å². The van der Waals surface area contributed by atoms with Gasteiger partial charge < -0.3 is 10.2 Å². The summed E-state index contributed by atoms with van der Waals surface area (Å²) in [6.07, 6.45) is 0.151. The van der Waals surface area contributed by atoms with E-state index in [1.54, 1.807) is 7.05 Å². The van der Waals surface area contributed by atoms with Gasteiger partial charge in [0.25, 0.3) is 5.91 Å². The number of hydrogen-bond donors (Lipinski definition) is 1. The van der Waals surface area contributed by atoms with E-state index in [2.05, 4.69) is 5.32 Å². The molecule has 0 aromatic heterocycles. The fourth-order valence-corrected chi connectivity index (χ4v) is 1.93. The molecule has 18 heavy (non-hydrogen) atoms. The second-order valence-corrected chi connectivity index (χ2v) is 4.25. The number of carbonyl (C=O) groups is 2. The molecule has 1 N–H and O–H groups in total. The Labute approximate surface area is 103 Å². The smallest absolute Gasteiger partial charge is 0.257 e. The van der Waals surface area contributed by atoms with Crippen LogP contribution in [0.5, 0.6) is 0 Å². The number of amides is 2. The van der Waals surface area contributed by atoms with E-state index in [4.69, 9.17) is 0 Å². The molecule has 1 fully saturated rings. The van der Waals surface area contributed by atoms with E-state index in [1.807, 2.05) is 0 Å². The molecular formula is C12H12F2N2O2. The maximum atomic E-state index is 13.3. The summed E-state index contributed by atoms with van der Waals surface area (Å²) in [4.78, 5) is 24.5. The molecule has 0 unspecified atom stereocenters. The number of carbonyl (C=O) groups excluding carboxylic acids is 2. The van der Waals surface area contributed by atoms with Gasteiger partial charge >= 0.3 is 0 Å². The van der Waals surface area contributed by atoms with Gasteiger partial charge in [-0.3, -0.25) is 9.59 Å². The van der Waals surface area contributed by atoms with Crippen molar-refractivity contribution in [2.24, 2.45) is 0 Å². The SMILES string of the molecule is CN1C[C@H](NC(=O)c2c(F)cccc2F)CC1=O. The first-order valence-corrected chi connectivity index (χ1v) is 5.48. The van der Waals surface area contributed by atoms with E-state index >= 15 is 0 Å². The van der Waals surface area contributed by atoms with Crippen molar-refractivity contribution in [2.45, 2.75) is 12.5 Å². The molecule has 0 spiro atoms. The first-order valence-electron chi connectivity index (χ1n) is 5.48. The highest BCUT2D eigenvalue weighted by Crippen LogP contribution is 2.14. The number of benzene rings is 1. The van der Waals surface area contributed by atoms with Gasteiger partial charge in [0.15, 0.2) is 0 Å². The van der Waals surface area contributed by atoms with Crippen LogP contribution in [-0.4, -0.2) is 36.3 Å². The minimum atomic E-state index is -0.912. The quantitative estimate of drug-likeness (QED) is 0.853. The van der Waals surface area contributed by atoms with Crippen molar-refractivity contribution in [3.05, 3.63) is 35.4 Å². The Kier molecular flexibility index (Phi) is 3.27. The molecule has 6 heteroatoms. The zero-order chi connectivity index (χ0) is 13.3. The van der Waals surface area contributed by atoms with Crippen molar-refractivity contribution < 1.29 is 18.4 Å². The van der Waals surface area contributed by atoms with Crippen LogP contribution in [-0.2, 0) is 4.79 Å². The predicted molar refractivity (Wildman–Crippen MR) is 59.9 cm³/mol. The average molecular weight is 254 g/mol. The topological polar surface area (TPSA) is 49.4 Å². The van der Waals surface area contributed by atoms with Crippen LogP contribution in [0, 0.1) is 11.6 Å². The third kappa shape index (κ3) is 2.32. The van der Waals surface area contributed by atoms with Gasteiger partial charge in [-0.15, -0.1) is 0 Å². The molecule has 1 aromatic rings. The maximum Gasteiger partial charge on any atom is 0.257 e. The van der Waals surface area contributed by atoms with Crippen LogP contribution in [0.1, 0.15) is 16.8 Å². The van der Waals surface area contributed by atoms with Crippen LogP contribution in [0.15, 0.2) is 18.2 Å². The van der Waals surface area contributed by atoms with Gasteiger partial charge in [-0.1, -0.05) is 6.07 Å². The summed E-state index contributed by atoms with van der Waals surface area (Å²) in [5.74, 6) is -2.76. The van der Waals surface area contributed by atoms with E-state index in [-0.39, 0.29) is 12.3 Å².